The van der Waals surface area contributed by atoms with Crippen LogP contribution in [0.1, 0.15) is 36.5 Å². The molecule has 2 amide bonds. The van der Waals surface area contributed by atoms with Gasteiger partial charge in [0.25, 0.3) is 5.91 Å². The van der Waals surface area contributed by atoms with Gasteiger partial charge in [0.2, 0.25) is 5.91 Å². The van der Waals surface area contributed by atoms with E-state index < -0.39 is 29.3 Å². The van der Waals surface area contributed by atoms with E-state index in [-0.39, 0.29) is 23.2 Å². The monoisotopic (exact) mass is 449 g/mol. The van der Waals surface area contributed by atoms with Crippen molar-refractivity contribution in [2.24, 2.45) is 5.92 Å². The van der Waals surface area contributed by atoms with E-state index in [1.54, 1.807) is 0 Å². The molecule has 0 unspecified atom stereocenters. The lowest BCUT2D eigenvalue weighted by molar-refractivity contribution is -0.143. The fourth-order valence-electron chi connectivity index (χ4n) is 2.86. The molecule has 3 aromatic rings. The standard InChI is InChI=1S/C21H19F4N5O2/c1-12(2)11-17(31)26-14-5-7-15(8-6-14)27-20(32)18-19(21(23,24)25)30(29-28-18)16-9-3-13(22)4-10-16/h3-10,12H,11H2,1-2H3,(H,26,31)(H,27,32). The number of nitrogens with zero attached hydrogens (tertiary/aromatic N) is 3. The molecule has 11 heteroatoms. The van der Waals surface area contributed by atoms with E-state index >= 15 is 0 Å². The first-order valence-electron chi connectivity index (χ1n) is 9.54. The molecule has 1 heterocycles. The van der Waals surface area contributed by atoms with Gasteiger partial charge in [-0.25, -0.2) is 9.07 Å². The number of alkyl halides is 3. The van der Waals surface area contributed by atoms with E-state index in [9.17, 15) is 27.2 Å². The van der Waals surface area contributed by atoms with Crippen LogP contribution in [0.4, 0.5) is 28.9 Å². The van der Waals surface area contributed by atoms with Crippen molar-refractivity contribution in [2.75, 3.05) is 10.6 Å². The summed E-state index contributed by atoms with van der Waals surface area (Å²) in [6, 6.07) is 10.0. The first kappa shape index (κ1) is 22.9. The molecule has 0 saturated heterocycles. The molecular weight excluding hydrogens is 430 g/mol. The molecule has 32 heavy (non-hydrogen) atoms. The third-order valence-electron chi connectivity index (χ3n) is 4.25. The van der Waals surface area contributed by atoms with Gasteiger partial charge >= 0.3 is 6.18 Å². The van der Waals surface area contributed by atoms with Gasteiger partial charge in [0.15, 0.2) is 11.4 Å². The number of rotatable bonds is 6. The largest absolute Gasteiger partial charge is 0.435 e. The lowest BCUT2D eigenvalue weighted by atomic mass is 10.1. The summed E-state index contributed by atoms with van der Waals surface area (Å²) in [5.41, 5.74) is -1.75. The molecule has 0 fully saturated rings. The van der Waals surface area contributed by atoms with Crippen molar-refractivity contribution in [1.29, 1.82) is 0 Å². The summed E-state index contributed by atoms with van der Waals surface area (Å²) in [5.74, 6) is -1.75. The van der Waals surface area contributed by atoms with Crippen LogP contribution in [-0.2, 0) is 11.0 Å². The lowest BCUT2D eigenvalue weighted by Crippen LogP contribution is -2.21. The van der Waals surface area contributed by atoms with Crippen LogP contribution in [0.5, 0.6) is 0 Å². The first-order valence-corrected chi connectivity index (χ1v) is 9.54. The summed E-state index contributed by atoms with van der Waals surface area (Å²) >= 11 is 0. The smallest absolute Gasteiger partial charge is 0.326 e. The van der Waals surface area contributed by atoms with Crippen LogP contribution in [0.25, 0.3) is 5.69 Å². The van der Waals surface area contributed by atoms with E-state index in [0.29, 0.717) is 16.8 Å². The Morgan fingerprint density at radius 1 is 0.969 bits per heavy atom. The molecule has 0 aliphatic heterocycles. The second kappa shape index (κ2) is 9.16. The Balaban J connectivity index is 1.81. The van der Waals surface area contributed by atoms with E-state index in [1.165, 1.54) is 24.3 Å². The number of hydrogen-bond acceptors (Lipinski definition) is 4. The van der Waals surface area contributed by atoms with Crippen molar-refractivity contribution < 1.29 is 27.2 Å². The highest BCUT2D eigenvalue weighted by Gasteiger charge is 2.42. The normalized spacial score (nSPS) is 11.5. The number of amides is 2. The third-order valence-corrected chi connectivity index (χ3v) is 4.25. The maximum absolute atomic E-state index is 13.7. The van der Waals surface area contributed by atoms with E-state index in [2.05, 4.69) is 20.9 Å². The molecule has 0 saturated carbocycles. The number of benzene rings is 2. The Labute approximate surface area is 180 Å². The Morgan fingerprint density at radius 2 is 1.53 bits per heavy atom. The van der Waals surface area contributed by atoms with Gasteiger partial charge in [-0.1, -0.05) is 19.1 Å². The van der Waals surface area contributed by atoms with E-state index in [1.807, 2.05) is 13.8 Å². The highest BCUT2D eigenvalue weighted by molar-refractivity contribution is 6.04. The Bertz CT molecular complexity index is 1110. The van der Waals surface area contributed by atoms with Crippen LogP contribution in [0.3, 0.4) is 0 Å². The predicted molar refractivity (Wildman–Crippen MR) is 109 cm³/mol. The molecular formula is C21H19F4N5O2. The molecule has 0 bridgehead atoms. The Kier molecular flexibility index (Phi) is 6.56. The first-order chi connectivity index (χ1) is 15.0. The molecule has 0 aliphatic rings. The molecule has 7 nitrogen and oxygen atoms in total. The number of hydrogen-bond donors (Lipinski definition) is 2. The van der Waals surface area contributed by atoms with Crippen molar-refractivity contribution in [3.05, 3.63) is 65.7 Å². The molecule has 2 N–H and O–H groups in total. The SMILES string of the molecule is CC(C)CC(=O)Nc1ccc(NC(=O)c2nnn(-c3ccc(F)cc3)c2C(F)(F)F)cc1. The van der Waals surface area contributed by atoms with Crippen LogP contribution < -0.4 is 10.6 Å². The van der Waals surface area contributed by atoms with Crippen LogP contribution in [0.2, 0.25) is 0 Å². The molecule has 3 rings (SSSR count). The van der Waals surface area contributed by atoms with Gasteiger partial charge in [-0.2, -0.15) is 13.2 Å². The van der Waals surface area contributed by atoms with Gasteiger partial charge in [-0.05, 0) is 54.4 Å². The minimum absolute atomic E-state index is 0.105. The summed E-state index contributed by atoms with van der Waals surface area (Å²) in [4.78, 5) is 24.3. The van der Waals surface area contributed by atoms with Gasteiger partial charge in [0, 0.05) is 17.8 Å². The van der Waals surface area contributed by atoms with Gasteiger partial charge < -0.3 is 10.6 Å². The van der Waals surface area contributed by atoms with Gasteiger partial charge in [-0.3, -0.25) is 9.59 Å². The average Bonchev–Trinajstić information content (AvgIpc) is 3.15. The van der Waals surface area contributed by atoms with Crippen molar-refractivity contribution in [2.45, 2.75) is 26.4 Å². The van der Waals surface area contributed by atoms with Gasteiger partial charge in [-0.15, -0.1) is 5.10 Å². The third kappa shape index (κ3) is 5.48. The summed E-state index contributed by atoms with van der Waals surface area (Å²) in [6.45, 7) is 3.80. The zero-order chi connectivity index (χ0) is 23.5. The van der Waals surface area contributed by atoms with E-state index in [4.69, 9.17) is 0 Å². The fraction of sp³-hybridized carbons (Fsp3) is 0.238. The quantitative estimate of drug-likeness (QED) is 0.536. The number of nitrogens with one attached hydrogen (secondary N) is 2. The minimum atomic E-state index is -4.95. The number of halogens is 4. The molecule has 0 spiro atoms. The predicted octanol–water partition coefficient (Wildman–Crippen LogP) is 4.66. The minimum Gasteiger partial charge on any atom is -0.326 e. The zero-order valence-corrected chi connectivity index (χ0v) is 17.1. The highest BCUT2D eigenvalue weighted by Crippen LogP contribution is 2.33. The van der Waals surface area contributed by atoms with E-state index in [0.717, 1.165) is 24.3 Å². The van der Waals surface area contributed by atoms with Crippen molar-refractivity contribution in [3.63, 3.8) is 0 Å². The lowest BCUT2D eigenvalue weighted by Gasteiger charge is -2.12. The topological polar surface area (TPSA) is 88.9 Å². The van der Waals surface area contributed by atoms with Crippen molar-refractivity contribution in [1.82, 2.24) is 15.0 Å². The molecule has 2 aromatic carbocycles. The van der Waals surface area contributed by atoms with Crippen LogP contribution >= 0.6 is 0 Å². The number of carbonyl (C=O) groups is 2. The number of aromatic nitrogens is 3. The fourth-order valence-corrected chi connectivity index (χ4v) is 2.86. The summed E-state index contributed by atoms with van der Waals surface area (Å²) < 4.78 is 54.6. The number of carbonyl (C=O) groups excluding carboxylic acids is 2. The highest BCUT2D eigenvalue weighted by atomic mass is 19.4. The van der Waals surface area contributed by atoms with Crippen LogP contribution in [0, 0.1) is 11.7 Å². The van der Waals surface area contributed by atoms with Crippen molar-refractivity contribution in [3.8, 4) is 5.69 Å². The molecule has 0 aliphatic carbocycles. The Morgan fingerprint density at radius 3 is 2.06 bits per heavy atom. The molecule has 1 aromatic heterocycles. The maximum Gasteiger partial charge on any atom is 0.435 e. The van der Waals surface area contributed by atoms with Crippen molar-refractivity contribution >= 4 is 23.2 Å². The number of anilines is 2. The molecule has 168 valence electrons. The summed E-state index contributed by atoms with van der Waals surface area (Å²) in [6.07, 6.45) is -4.61. The average molecular weight is 449 g/mol. The second-order valence-electron chi connectivity index (χ2n) is 7.35. The molecule has 0 radical (unpaired) electrons. The maximum atomic E-state index is 13.7. The summed E-state index contributed by atoms with van der Waals surface area (Å²) in [5, 5.41) is 11.8. The summed E-state index contributed by atoms with van der Waals surface area (Å²) in [7, 11) is 0. The van der Waals surface area contributed by atoms with Crippen LogP contribution in [0.15, 0.2) is 48.5 Å². The van der Waals surface area contributed by atoms with Gasteiger partial charge in [0.05, 0.1) is 5.69 Å². The zero-order valence-electron chi connectivity index (χ0n) is 17.1. The molecule has 0 atom stereocenters. The van der Waals surface area contributed by atoms with Crippen LogP contribution in [-0.4, -0.2) is 26.8 Å². The van der Waals surface area contributed by atoms with Gasteiger partial charge in [0.1, 0.15) is 5.82 Å². The second-order valence-corrected chi connectivity index (χ2v) is 7.35. The Hall–Kier alpha value is -3.76.